The molecule has 4 heteroatoms. The summed E-state index contributed by atoms with van der Waals surface area (Å²) >= 11 is 0. The topological polar surface area (TPSA) is 50.4 Å². The van der Waals surface area contributed by atoms with Crippen molar-refractivity contribution in [1.29, 1.82) is 0 Å². The normalized spacial score (nSPS) is 20.7. The zero-order chi connectivity index (χ0) is 14.1. The predicted octanol–water partition coefficient (Wildman–Crippen LogP) is 3.21. The van der Waals surface area contributed by atoms with E-state index >= 15 is 0 Å². The molecule has 1 heterocycles. The molecule has 0 aromatic carbocycles. The van der Waals surface area contributed by atoms with Gasteiger partial charge in [-0.3, -0.25) is 0 Å². The van der Waals surface area contributed by atoms with Gasteiger partial charge in [0, 0.05) is 12.6 Å². The third-order valence-corrected chi connectivity index (χ3v) is 3.31. The predicted molar refractivity (Wildman–Crippen MR) is 78.3 cm³/mol. The summed E-state index contributed by atoms with van der Waals surface area (Å²) in [6.07, 6.45) is 8.44. The van der Waals surface area contributed by atoms with E-state index in [0.717, 1.165) is 12.8 Å². The molecule has 1 unspecified atom stereocenters. The SMILES string of the molecule is CC(C)(C)OC(=O)NCCCCC1CCCCCN1. The van der Waals surface area contributed by atoms with Crippen LogP contribution in [0.3, 0.4) is 0 Å². The smallest absolute Gasteiger partial charge is 0.407 e. The monoisotopic (exact) mass is 270 g/mol. The summed E-state index contributed by atoms with van der Waals surface area (Å²) in [6, 6.07) is 0.684. The average Bonchev–Trinajstić information content (AvgIpc) is 2.54. The maximum absolute atomic E-state index is 11.4. The molecule has 19 heavy (non-hydrogen) atoms. The molecular weight excluding hydrogens is 240 g/mol. The van der Waals surface area contributed by atoms with Crippen LogP contribution >= 0.6 is 0 Å². The average molecular weight is 270 g/mol. The largest absolute Gasteiger partial charge is 0.444 e. The van der Waals surface area contributed by atoms with E-state index in [-0.39, 0.29) is 6.09 Å². The van der Waals surface area contributed by atoms with Gasteiger partial charge in [0.2, 0.25) is 0 Å². The molecule has 112 valence electrons. The van der Waals surface area contributed by atoms with Gasteiger partial charge in [-0.25, -0.2) is 4.79 Å². The van der Waals surface area contributed by atoms with Gasteiger partial charge >= 0.3 is 6.09 Å². The van der Waals surface area contributed by atoms with Crippen LogP contribution in [0.25, 0.3) is 0 Å². The molecule has 1 atom stereocenters. The van der Waals surface area contributed by atoms with Gasteiger partial charge in [0.25, 0.3) is 0 Å². The van der Waals surface area contributed by atoms with Crippen LogP contribution in [-0.4, -0.2) is 30.8 Å². The quantitative estimate of drug-likeness (QED) is 0.754. The molecule has 2 N–H and O–H groups in total. The van der Waals surface area contributed by atoms with Crippen molar-refractivity contribution in [3.63, 3.8) is 0 Å². The third-order valence-electron chi connectivity index (χ3n) is 3.31. The molecule has 0 aromatic heterocycles. The molecule has 0 saturated carbocycles. The molecule has 1 fully saturated rings. The Bertz CT molecular complexity index is 253. The van der Waals surface area contributed by atoms with E-state index in [2.05, 4.69) is 10.6 Å². The summed E-state index contributed by atoms with van der Waals surface area (Å²) in [5.74, 6) is 0. The minimum absolute atomic E-state index is 0.305. The number of hydrogen-bond donors (Lipinski definition) is 2. The van der Waals surface area contributed by atoms with Crippen LogP contribution in [0.15, 0.2) is 0 Å². The first-order valence-electron chi connectivity index (χ1n) is 7.67. The Morgan fingerprint density at radius 3 is 2.79 bits per heavy atom. The fourth-order valence-electron chi connectivity index (χ4n) is 2.37. The highest BCUT2D eigenvalue weighted by Gasteiger charge is 2.15. The van der Waals surface area contributed by atoms with Crippen molar-refractivity contribution in [2.75, 3.05) is 13.1 Å². The molecule has 1 aliphatic heterocycles. The Labute approximate surface area is 117 Å². The molecule has 0 aromatic rings. The first-order valence-corrected chi connectivity index (χ1v) is 7.67. The number of alkyl carbamates (subject to hydrolysis) is 1. The van der Waals surface area contributed by atoms with Crippen LogP contribution in [0.2, 0.25) is 0 Å². The number of unbranched alkanes of at least 4 members (excludes halogenated alkanes) is 1. The van der Waals surface area contributed by atoms with E-state index in [1.807, 2.05) is 20.8 Å². The number of carbonyl (C=O) groups excluding carboxylic acids is 1. The molecule has 0 spiro atoms. The van der Waals surface area contributed by atoms with Crippen LogP contribution in [-0.2, 0) is 4.74 Å². The van der Waals surface area contributed by atoms with Gasteiger partial charge in [0.15, 0.2) is 0 Å². The fraction of sp³-hybridized carbons (Fsp3) is 0.933. The minimum Gasteiger partial charge on any atom is -0.444 e. The molecule has 0 bridgehead atoms. The van der Waals surface area contributed by atoms with Gasteiger partial charge in [-0.15, -0.1) is 0 Å². The second-order valence-electron chi connectivity index (χ2n) is 6.42. The van der Waals surface area contributed by atoms with Crippen LogP contribution in [0.4, 0.5) is 4.79 Å². The van der Waals surface area contributed by atoms with Gasteiger partial charge in [0.05, 0.1) is 0 Å². The highest BCUT2D eigenvalue weighted by Crippen LogP contribution is 2.13. The Balaban J connectivity index is 2.00. The molecular formula is C15H30N2O2. The molecule has 0 radical (unpaired) electrons. The Morgan fingerprint density at radius 2 is 2.05 bits per heavy atom. The lowest BCUT2D eigenvalue weighted by molar-refractivity contribution is 0.0527. The molecule has 1 aliphatic rings. The van der Waals surface area contributed by atoms with Crippen molar-refractivity contribution in [3.05, 3.63) is 0 Å². The summed E-state index contributed by atoms with van der Waals surface area (Å²) in [4.78, 5) is 11.4. The molecule has 1 amide bonds. The van der Waals surface area contributed by atoms with E-state index in [0.29, 0.717) is 12.6 Å². The van der Waals surface area contributed by atoms with Crippen LogP contribution in [0, 0.1) is 0 Å². The van der Waals surface area contributed by atoms with Crippen LogP contribution in [0.5, 0.6) is 0 Å². The van der Waals surface area contributed by atoms with Crippen molar-refractivity contribution >= 4 is 6.09 Å². The highest BCUT2D eigenvalue weighted by atomic mass is 16.6. The number of nitrogens with one attached hydrogen (secondary N) is 2. The maximum atomic E-state index is 11.4. The number of rotatable bonds is 5. The fourth-order valence-corrected chi connectivity index (χ4v) is 2.37. The van der Waals surface area contributed by atoms with Gasteiger partial charge in [-0.1, -0.05) is 19.3 Å². The van der Waals surface area contributed by atoms with Gasteiger partial charge in [-0.2, -0.15) is 0 Å². The summed E-state index contributed by atoms with van der Waals surface area (Å²) in [6.45, 7) is 7.52. The summed E-state index contributed by atoms with van der Waals surface area (Å²) in [7, 11) is 0. The molecule has 0 aliphatic carbocycles. The number of ether oxygens (including phenoxy) is 1. The van der Waals surface area contributed by atoms with Crippen LogP contribution in [0.1, 0.15) is 65.7 Å². The van der Waals surface area contributed by atoms with Gasteiger partial charge < -0.3 is 15.4 Å². The standard InChI is InChI=1S/C15H30N2O2/c1-15(2,3)19-14(18)17-12-8-6-10-13-9-5-4-7-11-16-13/h13,16H,4-12H2,1-3H3,(H,17,18). The number of carbonyl (C=O) groups is 1. The lowest BCUT2D eigenvalue weighted by Gasteiger charge is -2.20. The zero-order valence-electron chi connectivity index (χ0n) is 12.8. The zero-order valence-corrected chi connectivity index (χ0v) is 12.8. The summed E-state index contributed by atoms with van der Waals surface area (Å²) in [5, 5.41) is 6.41. The third kappa shape index (κ3) is 8.87. The van der Waals surface area contributed by atoms with E-state index in [1.54, 1.807) is 0 Å². The first-order chi connectivity index (χ1) is 8.97. The maximum Gasteiger partial charge on any atom is 0.407 e. The summed E-state index contributed by atoms with van der Waals surface area (Å²) < 4.78 is 5.19. The number of amides is 1. The van der Waals surface area contributed by atoms with Crippen molar-refractivity contribution in [3.8, 4) is 0 Å². The van der Waals surface area contributed by atoms with Crippen molar-refractivity contribution < 1.29 is 9.53 Å². The Hall–Kier alpha value is -0.770. The lowest BCUT2D eigenvalue weighted by atomic mass is 10.0. The van der Waals surface area contributed by atoms with Crippen molar-refractivity contribution in [1.82, 2.24) is 10.6 Å². The Kier molecular flexibility index (Phi) is 7.21. The lowest BCUT2D eigenvalue weighted by Crippen LogP contribution is -2.33. The second-order valence-corrected chi connectivity index (χ2v) is 6.42. The van der Waals surface area contributed by atoms with Crippen molar-refractivity contribution in [2.24, 2.45) is 0 Å². The van der Waals surface area contributed by atoms with E-state index in [4.69, 9.17) is 4.74 Å². The number of hydrogen-bond acceptors (Lipinski definition) is 3. The van der Waals surface area contributed by atoms with Gasteiger partial charge in [0.1, 0.15) is 5.60 Å². The van der Waals surface area contributed by atoms with E-state index in [1.165, 1.54) is 38.6 Å². The van der Waals surface area contributed by atoms with Gasteiger partial charge in [-0.05, 0) is 53.0 Å². The van der Waals surface area contributed by atoms with E-state index < -0.39 is 5.60 Å². The van der Waals surface area contributed by atoms with E-state index in [9.17, 15) is 4.79 Å². The van der Waals surface area contributed by atoms with Crippen molar-refractivity contribution in [2.45, 2.75) is 77.4 Å². The first kappa shape index (κ1) is 16.3. The molecule has 1 rings (SSSR count). The summed E-state index contributed by atoms with van der Waals surface area (Å²) in [5.41, 5.74) is -0.408. The van der Waals surface area contributed by atoms with Crippen LogP contribution < -0.4 is 10.6 Å². The second kappa shape index (κ2) is 8.41. The minimum atomic E-state index is -0.408. The Morgan fingerprint density at radius 1 is 1.26 bits per heavy atom. The highest BCUT2D eigenvalue weighted by molar-refractivity contribution is 5.67. The molecule has 4 nitrogen and oxygen atoms in total. The molecule has 1 saturated heterocycles.